The number of nitrogens with zero attached hydrogens (tertiary/aromatic N) is 2. The molecule has 1 heterocycles. The Morgan fingerprint density at radius 3 is 2.75 bits per heavy atom. The van der Waals surface area contributed by atoms with E-state index < -0.39 is 0 Å². The van der Waals surface area contributed by atoms with E-state index in [0.717, 1.165) is 18.5 Å². The average Bonchev–Trinajstić information content (AvgIpc) is 2.52. The van der Waals surface area contributed by atoms with Gasteiger partial charge in [-0.3, -0.25) is 0 Å². The number of rotatable bonds is 2. The molecule has 0 bridgehead atoms. The van der Waals surface area contributed by atoms with Crippen molar-refractivity contribution in [2.45, 2.75) is 39.2 Å². The molecule has 1 unspecified atom stereocenters. The number of anilines is 1. The lowest BCUT2D eigenvalue weighted by Crippen LogP contribution is -2.18. The molecule has 1 atom stereocenters. The van der Waals surface area contributed by atoms with Gasteiger partial charge in [0.25, 0.3) is 0 Å². The zero-order valence-corrected chi connectivity index (χ0v) is 10.9. The Morgan fingerprint density at radius 2 is 2.12 bits per heavy atom. The molecule has 1 N–H and O–H groups in total. The highest BCUT2D eigenvalue weighted by atomic mass is 35.5. The summed E-state index contributed by atoms with van der Waals surface area (Å²) >= 11 is 11.7. The van der Waals surface area contributed by atoms with Crippen LogP contribution in [0.25, 0.3) is 0 Å². The van der Waals surface area contributed by atoms with Crippen molar-refractivity contribution >= 4 is 28.9 Å². The number of nitrogens with one attached hydrogen (secondary N) is 1. The van der Waals surface area contributed by atoms with Crippen molar-refractivity contribution in [1.82, 2.24) is 10.2 Å². The highest BCUT2D eigenvalue weighted by molar-refractivity contribution is 6.33. The number of hydrogen-bond donors (Lipinski definition) is 1. The lowest BCUT2D eigenvalue weighted by Gasteiger charge is -2.18. The van der Waals surface area contributed by atoms with Crippen molar-refractivity contribution in [2.24, 2.45) is 5.41 Å². The van der Waals surface area contributed by atoms with E-state index in [0.29, 0.717) is 21.8 Å². The highest BCUT2D eigenvalue weighted by Gasteiger charge is 2.31. The van der Waals surface area contributed by atoms with Gasteiger partial charge in [0.1, 0.15) is 0 Å². The van der Waals surface area contributed by atoms with E-state index in [4.69, 9.17) is 23.2 Å². The highest BCUT2D eigenvalue weighted by Crippen LogP contribution is 2.38. The van der Waals surface area contributed by atoms with Crippen LogP contribution in [0, 0.1) is 5.41 Å². The summed E-state index contributed by atoms with van der Waals surface area (Å²) in [6.45, 7) is 4.57. The molecule has 3 nitrogen and oxygen atoms in total. The summed E-state index contributed by atoms with van der Waals surface area (Å²) in [4.78, 5) is 0. The number of aromatic nitrogens is 2. The van der Waals surface area contributed by atoms with Crippen LogP contribution in [0.1, 0.15) is 33.1 Å². The van der Waals surface area contributed by atoms with Crippen LogP contribution in [-0.4, -0.2) is 16.2 Å². The molecule has 1 aliphatic carbocycles. The van der Waals surface area contributed by atoms with E-state index in [2.05, 4.69) is 29.4 Å². The molecule has 0 saturated heterocycles. The maximum atomic E-state index is 5.95. The topological polar surface area (TPSA) is 37.8 Å². The Kier molecular flexibility index (Phi) is 3.27. The number of halogens is 2. The molecule has 1 fully saturated rings. The molecular weight excluding hydrogens is 245 g/mol. The SMILES string of the molecule is CC1(C)CCC(Nc2cc(Cl)nnc2Cl)C1. The fourth-order valence-electron chi connectivity index (χ4n) is 2.23. The van der Waals surface area contributed by atoms with Gasteiger partial charge in [0.2, 0.25) is 0 Å². The molecule has 16 heavy (non-hydrogen) atoms. The normalized spacial score (nSPS) is 23.4. The van der Waals surface area contributed by atoms with Gasteiger partial charge in [-0.1, -0.05) is 37.0 Å². The molecule has 1 saturated carbocycles. The number of hydrogen-bond acceptors (Lipinski definition) is 3. The first-order chi connectivity index (χ1) is 7.46. The first-order valence-corrected chi connectivity index (χ1v) is 6.17. The first-order valence-electron chi connectivity index (χ1n) is 5.41. The van der Waals surface area contributed by atoms with Gasteiger partial charge in [-0.2, -0.15) is 0 Å². The van der Waals surface area contributed by atoms with Crippen LogP contribution in [0.2, 0.25) is 10.3 Å². The van der Waals surface area contributed by atoms with Crippen molar-refractivity contribution in [3.05, 3.63) is 16.4 Å². The van der Waals surface area contributed by atoms with Crippen LogP contribution in [-0.2, 0) is 0 Å². The minimum atomic E-state index is 0.365. The van der Waals surface area contributed by atoms with Crippen molar-refractivity contribution in [2.75, 3.05) is 5.32 Å². The van der Waals surface area contributed by atoms with Crippen LogP contribution in [0.5, 0.6) is 0 Å². The Labute approximate surface area is 106 Å². The summed E-state index contributed by atoms with van der Waals surface area (Å²) < 4.78 is 0. The summed E-state index contributed by atoms with van der Waals surface area (Å²) in [7, 11) is 0. The van der Waals surface area contributed by atoms with E-state index in [9.17, 15) is 0 Å². The fourth-order valence-corrected chi connectivity index (χ4v) is 2.53. The van der Waals surface area contributed by atoms with Crippen molar-refractivity contribution < 1.29 is 0 Å². The molecule has 0 amide bonds. The molecule has 0 aromatic carbocycles. The van der Waals surface area contributed by atoms with Gasteiger partial charge in [-0.15, -0.1) is 10.2 Å². The largest absolute Gasteiger partial charge is 0.380 e. The molecule has 0 aliphatic heterocycles. The molecule has 1 aromatic rings. The third-order valence-corrected chi connectivity index (χ3v) is 3.51. The third kappa shape index (κ3) is 2.77. The minimum Gasteiger partial charge on any atom is -0.380 e. The van der Waals surface area contributed by atoms with E-state index in [1.54, 1.807) is 6.07 Å². The van der Waals surface area contributed by atoms with Crippen molar-refractivity contribution in [3.63, 3.8) is 0 Å². The van der Waals surface area contributed by atoms with Crippen molar-refractivity contribution in [3.8, 4) is 0 Å². The molecule has 1 aromatic heterocycles. The Balaban J connectivity index is 2.07. The Morgan fingerprint density at radius 1 is 1.38 bits per heavy atom. The van der Waals surface area contributed by atoms with Gasteiger partial charge in [0.05, 0.1) is 5.69 Å². The van der Waals surface area contributed by atoms with Gasteiger partial charge in [-0.25, -0.2) is 0 Å². The molecule has 5 heteroatoms. The van der Waals surface area contributed by atoms with Crippen molar-refractivity contribution in [1.29, 1.82) is 0 Å². The zero-order valence-electron chi connectivity index (χ0n) is 9.43. The third-order valence-electron chi connectivity index (χ3n) is 3.05. The van der Waals surface area contributed by atoms with Gasteiger partial charge < -0.3 is 5.32 Å². The van der Waals surface area contributed by atoms with Gasteiger partial charge >= 0.3 is 0 Å². The maximum absolute atomic E-state index is 5.95. The van der Waals surface area contributed by atoms with Crippen LogP contribution >= 0.6 is 23.2 Å². The summed E-state index contributed by atoms with van der Waals surface area (Å²) in [5.74, 6) is 0. The van der Waals surface area contributed by atoms with Gasteiger partial charge in [0.15, 0.2) is 10.3 Å². The Hall–Kier alpha value is -0.540. The predicted octanol–water partition coefficient (Wildman–Crippen LogP) is 3.77. The summed E-state index contributed by atoms with van der Waals surface area (Å²) in [5.41, 5.74) is 1.19. The summed E-state index contributed by atoms with van der Waals surface area (Å²) in [5, 5.41) is 11.6. The molecule has 2 rings (SSSR count). The zero-order chi connectivity index (χ0) is 11.8. The molecule has 88 valence electrons. The van der Waals surface area contributed by atoms with Gasteiger partial charge in [-0.05, 0) is 24.7 Å². The Bertz CT molecular complexity index is 393. The quantitative estimate of drug-likeness (QED) is 0.879. The monoisotopic (exact) mass is 259 g/mol. The average molecular weight is 260 g/mol. The lowest BCUT2D eigenvalue weighted by molar-refractivity contribution is 0.378. The molecular formula is C11H15Cl2N3. The second-order valence-corrected chi connectivity index (χ2v) is 5.87. The first kappa shape index (κ1) is 11.9. The molecule has 0 spiro atoms. The van der Waals surface area contributed by atoms with E-state index >= 15 is 0 Å². The van der Waals surface area contributed by atoms with E-state index in [1.807, 2.05) is 0 Å². The predicted molar refractivity (Wildman–Crippen MR) is 67.1 cm³/mol. The van der Waals surface area contributed by atoms with Crippen LogP contribution < -0.4 is 5.32 Å². The lowest BCUT2D eigenvalue weighted by atomic mass is 9.92. The maximum Gasteiger partial charge on any atom is 0.174 e. The smallest absolute Gasteiger partial charge is 0.174 e. The fraction of sp³-hybridized carbons (Fsp3) is 0.636. The minimum absolute atomic E-state index is 0.365. The van der Waals surface area contributed by atoms with E-state index in [-0.39, 0.29) is 0 Å². The van der Waals surface area contributed by atoms with Crippen LogP contribution in [0.4, 0.5) is 5.69 Å². The van der Waals surface area contributed by atoms with Gasteiger partial charge in [0, 0.05) is 12.1 Å². The van der Waals surface area contributed by atoms with E-state index in [1.165, 1.54) is 6.42 Å². The summed E-state index contributed by atoms with van der Waals surface area (Å²) in [6, 6.07) is 2.18. The van der Waals surface area contributed by atoms with Crippen LogP contribution in [0.15, 0.2) is 6.07 Å². The summed E-state index contributed by atoms with van der Waals surface area (Å²) in [6.07, 6.45) is 3.53. The standard InChI is InChI=1S/C11H15Cl2N3/c1-11(2)4-3-7(6-11)14-8-5-9(12)15-16-10(8)13/h5,7H,3-4,6H2,1-2H3,(H,14,15). The van der Waals surface area contributed by atoms with Crippen LogP contribution in [0.3, 0.4) is 0 Å². The second kappa shape index (κ2) is 4.38. The molecule has 0 radical (unpaired) electrons. The second-order valence-electron chi connectivity index (χ2n) is 5.12. The molecule has 1 aliphatic rings.